The van der Waals surface area contributed by atoms with Crippen LogP contribution in [0.1, 0.15) is 145 Å². The van der Waals surface area contributed by atoms with Crippen LogP contribution in [-0.2, 0) is 28.6 Å². The van der Waals surface area contributed by atoms with E-state index in [1.807, 2.05) is 41.5 Å². The Bertz CT molecular complexity index is 584. The molecule has 0 heterocycles. The maximum atomic E-state index is 12.9. The Balaban J connectivity index is 4.08. The van der Waals surface area contributed by atoms with E-state index in [9.17, 15) is 14.4 Å². The number of hydrogen-bond acceptors (Lipinski definition) is 6. The van der Waals surface area contributed by atoms with Gasteiger partial charge in [-0.3, -0.25) is 14.4 Å². The zero-order valence-corrected chi connectivity index (χ0v) is 24.1. The summed E-state index contributed by atoms with van der Waals surface area (Å²) < 4.78 is 15.8. The molecular formula is C29H54O6. The van der Waals surface area contributed by atoms with Gasteiger partial charge in [-0.15, -0.1) is 0 Å². The Morgan fingerprint density at radius 2 is 0.829 bits per heavy atom. The van der Waals surface area contributed by atoms with Gasteiger partial charge in [0.05, 0.1) is 7.11 Å². The fourth-order valence-electron chi connectivity index (χ4n) is 3.86. The zero-order chi connectivity index (χ0) is 27.0. The van der Waals surface area contributed by atoms with Crippen molar-refractivity contribution in [3.8, 4) is 0 Å². The van der Waals surface area contributed by atoms with E-state index in [0.717, 1.165) is 32.1 Å². The molecule has 0 bridgehead atoms. The normalized spacial score (nSPS) is 12.3. The average Bonchev–Trinajstić information content (AvgIpc) is 2.73. The van der Waals surface area contributed by atoms with Gasteiger partial charge in [-0.05, 0) is 61.3 Å². The lowest BCUT2D eigenvalue weighted by Gasteiger charge is -2.32. The predicted octanol–water partition coefficient (Wildman–Crippen LogP) is 7.70. The number of unbranched alkanes of at least 4 members (excludes halogenated alkanes) is 12. The van der Waals surface area contributed by atoms with Gasteiger partial charge in [-0.1, -0.05) is 77.0 Å². The second-order valence-corrected chi connectivity index (χ2v) is 12.0. The van der Waals surface area contributed by atoms with Crippen LogP contribution in [0.4, 0.5) is 0 Å². The molecular weight excluding hydrogens is 444 g/mol. The first-order valence-corrected chi connectivity index (χ1v) is 13.7. The van der Waals surface area contributed by atoms with Crippen molar-refractivity contribution >= 4 is 17.9 Å². The van der Waals surface area contributed by atoms with E-state index in [2.05, 4.69) is 4.74 Å². The Labute approximate surface area is 215 Å². The molecule has 0 aliphatic rings. The second-order valence-electron chi connectivity index (χ2n) is 12.0. The monoisotopic (exact) mass is 498 g/mol. The lowest BCUT2D eigenvalue weighted by atomic mass is 9.84. The smallest absolute Gasteiger partial charge is 0.323 e. The highest BCUT2D eigenvalue weighted by Crippen LogP contribution is 2.32. The molecule has 6 heteroatoms. The molecule has 0 N–H and O–H groups in total. The molecule has 0 amide bonds. The fraction of sp³-hybridized carbons (Fsp3) is 0.897. The van der Waals surface area contributed by atoms with Gasteiger partial charge in [0.15, 0.2) is 5.41 Å². The first-order chi connectivity index (χ1) is 16.2. The van der Waals surface area contributed by atoms with Crippen molar-refractivity contribution in [2.75, 3.05) is 7.11 Å². The molecule has 0 spiro atoms. The summed E-state index contributed by atoms with van der Waals surface area (Å²) in [5, 5.41) is 0. The Hall–Kier alpha value is -1.59. The minimum Gasteiger partial charge on any atom is -0.469 e. The number of methoxy groups -OCH3 is 1. The third kappa shape index (κ3) is 17.5. The average molecular weight is 499 g/mol. The highest BCUT2D eigenvalue weighted by Gasteiger charge is 2.46. The summed E-state index contributed by atoms with van der Waals surface area (Å²) in [4.78, 5) is 36.8. The molecule has 35 heavy (non-hydrogen) atoms. The van der Waals surface area contributed by atoms with Gasteiger partial charge in [-0.25, -0.2) is 0 Å². The van der Waals surface area contributed by atoms with Gasteiger partial charge in [0.2, 0.25) is 0 Å². The molecule has 0 aromatic rings. The second kappa shape index (κ2) is 17.0. The van der Waals surface area contributed by atoms with Crippen LogP contribution in [-0.4, -0.2) is 36.2 Å². The van der Waals surface area contributed by atoms with Crippen LogP contribution >= 0.6 is 0 Å². The molecule has 6 nitrogen and oxygen atoms in total. The van der Waals surface area contributed by atoms with Gasteiger partial charge in [-0.2, -0.15) is 0 Å². The maximum Gasteiger partial charge on any atom is 0.323 e. The summed E-state index contributed by atoms with van der Waals surface area (Å²) in [6.07, 6.45) is 15.9. The standard InChI is InChI=1S/C29H54O6/c1-27(2,3)34-25(31)29(7,26(32)35-28(4,5)6)23-21-19-17-15-13-11-9-10-12-14-16-18-20-22-24(30)33-8/h9-23H2,1-8H3. The molecule has 0 unspecified atom stereocenters. The molecule has 0 aromatic heterocycles. The van der Waals surface area contributed by atoms with E-state index in [-0.39, 0.29) is 5.97 Å². The van der Waals surface area contributed by atoms with Crippen molar-refractivity contribution < 1.29 is 28.6 Å². The quantitative estimate of drug-likeness (QED) is 0.0833. The number of carbonyl (C=O) groups excluding carboxylic acids is 3. The summed E-state index contributed by atoms with van der Waals surface area (Å²) in [6, 6.07) is 0. The van der Waals surface area contributed by atoms with Gasteiger partial charge < -0.3 is 14.2 Å². The van der Waals surface area contributed by atoms with Gasteiger partial charge in [0.25, 0.3) is 0 Å². The Morgan fingerprint density at radius 3 is 1.14 bits per heavy atom. The summed E-state index contributed by atoms with van der Waals surface area (Å²) in [6.45, 7) is 12.5. The number of hydrogen-bond donors (Lipinski definition) is 0. The van der Waals surface area contributed by atoms with E-state index < -0.39 is 28.6 Å². The van der Waals surface area contributed by atoms with E-state index in [4.69, 9.17) is 9.47 Å². The van der Waals surface area contributed by atoms with Crippen LogP contribution in [0, 0.1) is 5.41 Å². The van der Waals surface area contributed by atoms with Crippen molar-refractivity contribution in [2.45, 2.75) is 156 Å². The van der Waals surface area contributed by atoms with Gasteiger partial charge >= 0.3 is 17.9 Å². The zero-order valence-electron chi connectivity index (χ0n) is 24.1. The van der Waals surface area contributed by atoms with Crippen LogP contribution in [0.25, 0.3) is 0 Å². The van der Waals surface area contributed by atoms with Crippen molar-refractivity contribution in [2.24, 2.45) is 5.41 Å². The van der Waals surface area contributed by atoms with E-state index in [1.54, 1.807) is 6.92 Å². The fourth-order valence-corrected chi connectivity index (χ4v) is 3.86. The SMILES string of the molecule is COC(=O)CCCCCCCCCCCCCCCC(C)(C(=O)OC(C)(C)C)C(=O)OC(C)(C)C. The molecule has 0 radical (unpaired) electrons. The third-order valence-corrected chi connectivity index (χ3v) is 5.98. The van der Waals surface area contributed by atoms with Gasteiger partial charge in [0, 0.05) is 6.42 Å². The van der Waals surface area contributed by atoms with Crippen LogP contribution in [0.15, 0.2) is 0 Å². The largest absolute Gasteiger partial charge is 0.469 e. The topological polar surface area (TPSA) is 78.9 Å². The summed E-state index contributed by atoms with van der Waals surface area (Å²) >= 11 is 0. The van der Waals surface area contributed by atoms with E-state index >= 15 is 0 Å². The molecule has 0 fully saturated rings. The predicted molar refractivity (Wildman–Crippen MR) is 141 cm³/mol. The minimum absolute atomic E-state index is 0.106. The molecule has 0 saturated carbocycles. The molecule has 0 atom stereocenters. The van der Waals surface area contributed by atoms with Crippen molar-refractivity contribution in [3.63, 3.8) is 0 Å². The molecule has 0 saturated heterocycles. The minimum atomic E-state index is -1.28. The molecule has 206 valence electrons. The summed E-state index contributed by atoms with van der Waals surface area (Å²) in [5.74, 6) is -1.10. The lowest BCUT2D eigenvalue weighted by Crippen LogP contribution is -2.44. The summed E-state index contributed by atoms with van der Waals surface area (Å²) in [7, 11) is 1.44. The summed E-state index contributed by atoms with van der Waals surface area (Å²) in [5.41, 5.74) is -2.57. The lowest BCUT2D eigenvalue weighted by molar-refractivity contribution is -0.184. The highest BCUT2D eigenvalue weighted by molar-refractivity contribution is 5.99. The van der Waals surface area contributed by atoms with Crippen LogP contribution in [0.5, 0.6) is 0 Å². The molecule has 0 aliphatic carbocycles. The van der Waals surface area contributed by atoms with E-state index in [1.165, 1.54) is 58.5 Å². The van der Waals surface area contributed by atoms with Crippen molar-refractivity contribution in [3.05, 3.63) is 0 Å². The first kappa shape index (κ1) is 33.4. The first-order valence-electron chi connectivity index (χ1n) is 13.7. The maximum absolute atomic E-state index is 12.9. The number of esters is 3. The van der Waals surface area contributed by atoms with Gasteiger partial charge in [0.1, 0.15) is 11.2 Å². The number of carbonyl (C=O) groups is 3. The van der Waals surface area contributed by atoms with Crippen LogP contribution < -0.4 is 0 Å². The highest BCUT2D eigenvalue weighted by atomic mass is 16.6. The molecule has 0 rings (SSSR count). The van der Waals surface area contributed by atoms with Crippen molar-refractivity contribution in [1.82, 2.24) is 0 Å². The van der Waals surface area contributed by atoms with Crippen molar-refractivity contribution in [1.29, 1.82) is 0 Å². The van der Waals surface area contributed by atoms with Crippen LogP contribution in [0.3, 0.4) is 0 Å². The molecule has 0 aromatic carbocycles. The number of rotatable bonds is 18. The number of ether oxygens (including phenoxy) is 3. The van der Waals surface area contributed by atoms with Crippen LogP contribution in [0.2, 0.25) is 0 Å². The van der Waals surface area contributed by atoms with E-state index in [0.29, 0.717) is 12.8 Å². The Morgan fingerprint density at radius 1 is 0.514 bits per heavy atom. The molecule has 0 aliphatic heterocycles. The third-order valence-electron chi connectivity index (χ3n) is 5.98. The Kier molecular flexibility index (Phi) is 16.2.